The van der Waals surface area contributed by atoms with Gasteiger partial charge in [-0.05, 0) is 42.4 Å². The third-order valence-electron chi connectivity index (χ3n) is 4.57. The molecule has 1 aliphatic heterocycles. The topological polar surface area (TPSA) is 9.23 Å². The molecule has 0 bridgehead atoms. The highest BCUT2D eigenvalue weighted by molar-refractivity contribution is 6.21. The molecule has 0 amide bonds. The number of hydrogen-bond acceptors (Lipinski definition) is 1. The minimum absolute atomic E-state index is 0.140. The van der Waals surface area contributed by atoms with Gasteiger partial charge in [-0.3, -0.25) is 0 Å². The van der Waals surface area contributed by atoms with E-state index in [-0.39, 0.29) is 10.8 Å². The Morgan fingerprint density at radius 2 is 2.06 bits per heavy atom. The summed E-state index contributed by atoms with van der Waals surface area (Å²) in [4.78, 5) is 0. The van der Waals surface area contributed by atoms with E-state index in [0.717, 1.165) is 12.2 Å². The normalized spacial score (nSPS) is 26.7. The van der Waals surface area contributed by atoms with E-state index in [1.807, 2.05) is 0 Å². The van der Waals surface area contributed by atoms with Crippen LogP contribution in [-0.4, -0.2) is 6.10 Å². The van der Waals surface area contributed by atoms with Gasteiger partial charge in [-0.15, -0.1) is 11.6 Å². The van der Waals surface area contributed by atoms with Crippen LogP contribution in [-0.2, 0) is 6.42 Å². The van der Waals surface area contributed by atoms with Crippen LogP contribution in [0.15, 0.2) is 18.2 Å². The second-order valence-electron chi connectivity index (χ2n) is 6.22. The summed E-state index contributed by atoms with van der Waals surface area (Å²) >= 11 is 6.75. The zero-order chi connectivity index (χ0) is 12.8. The molecule has 1 nitrogen and oxygen atoms in total. The van der Waals surface area contributed by atoms with E-state index in [0.29, 0.717) is 6.10 Å². The lowest BCUT2D eigenvalue weighted by atomic mass is 9.81. The van der Waals surface area contributed by atoms with Crippen molar-refractivity contribution in [2.75, 3.05) is 0 Å². The maximum atomic E-state index is 6.75. The lowest BCUT2D eigenvalue weighted by molar-refractivity contribution is 0.254. The molecule has 0 saturated heterocycles. The molecule has 0 N–H and O–H groups in total. The standard InChI is InChI=1S/C16H21ClO/c1-11-9-13-10-12(5-6-14(13)18-11)15(17)16(2)7-3-4-8-16/h5-6,10-11,15H,3-4,7-9H2,1-2H3. The average Bonchev–Trinajstić information content (AvgIpc) is 2.93. The van der Waals surface area contributed by atoms with Gasteiger partial charge in [0.1, 0.15) is 11.9 Å². The summed E-state index contributed by atoms with van der Waals surface area (Å²) in [6, 6.07) is 6.51. The highest BCUT2D eigenvalue weighted by Gasteiger charge is 2.37. The maximum Gasteiger partial charge on any atom is 0.123 e. The van der Waals surface area contributed by atoms with Gasteiger partial charge in [0.25, 0.3) is 0 Å². The van der Waals surface area contributed by atoms with Crippen LogP contribution in [0, 0.1) is 5.41 Å². The van der Waals surface area contributed by atoms with Crippen LogP contribution < -0.4 is 4.74 Å². The van der Waals surface area contributed by atoms with Crippen LogP contribution in [0.1, 0.15) is 56.0 Å². The van der Waals surface area contributed by atoms with Crippen molar-refractivity contribution >= 4 is 11.6 Å². The van der Waals surface area contributed by atoms with Crippen molar-refractivity contribution in [2.24, 2.45) is 5.41 Å². The Labute approximate surface area is 114 Å². The Morgan fingerprint density at radius 1 is 1.33 bits per heavy atom. The number of alkyl halides is 1. The van der Waals surface area contributed by atoms with Gasteiger partial charge in [0, 0.05) is 6.42 Å². The fourth-order valence-electron chi connectivity index (χ4n) is 3.44. The Hall–Kier alpha value is -0.690. The van der Waals surface area contributed by atoms with Gasteiger partial charge in [-0.2, -0.15) is 0 Å². The fraction of sp³-hybridized carbons (Fsp3) is 0.625. The summed E-state index contributed by atoms with van der Waals surface area (Å²) < 4.78 is 5.75. The Morgan fingerprint density at radius 3 is 2.78 bits per heavy atom. The molecule has 1 heterocycles. The van der Waals surface area contributed by atoms with Crippen molar-refractivity contribution in [2.45, 2.75) is 57.4 Å². The molecule has 0 spiro atoms. The summed E-state index contributed by atoms with van der Waals surface area (Å²) in [5, 5.41) is 0.140. The minimum Gasteiger partial charge on any atom is -0.490 e. The van der Waals surface area contributed by atoms with E-state index in [1.165, 1.54) is 36.8 Å². The largest absolute Gasteiger partial charge is 0.490 e. The van der Waals surface area contributed by atoms with Gasteiger partial charge in [0.15, 0.2) is 0 Å². The van der Waals surface area contributed by atoms with E-state index < -0.39 is 0 Å². The lowest BCUT2D eigenvalue weighted by Gasteiger charge is -2.30. The van der Waals surface area contributed by atoms with Crippen LogP contribution in [0.25, 0.3) is 0 Å². The van der Waals surface area contributed by atoms with E-state index >= 15 is 0 Å². The second-order valence-corrected chi connectivity index (χ2v) is 6.66. The first kappa shape index (κ1) is 12.3. The van der Waals surface area contributed by atoms with Crippen molar-refractivity contribution in [1.82, 2.24) is 0 Å². The SMILES string of the molecule is CC1Cc2cc(C(Cl)C3(C)CCCC3)ccc2O1. The Bertz CT molecular complexity index is 448. The predicted octanol–water partition coefficient (Wildman–Crippen LogP) is 4.87. The summed E-state index contributed by atoms with van der Waals surface area (Å²) in [6.07, 6.45) is 6.49. The quantitative estimate of drug-likeness (QED) is 0.693. The molecule has 3 rings (SSSR count). The van der Waals surface area contributed by atoms with Crippen LogP contribution >= 0.6 is 11.6 Å². The number of hydrogen-bond donors (Lipinski definition) is 0. The molecular formula is C16H21ClO. The fourth-order valence-corrected chi connectivity index (χ4v) is 3.79. The third-order valence-corrected chi connectivity index (χ3v) is 5.35. The second kappa shape index (κ2) is 4.45. The maximum absolute atomic E-state index is 6.75. The molecular weight excluding hydrogens is 244 g/mol. The zero-order valence-electron chi connectivity index (χ0n) is 11.2. The minimum atomic E-state index is 0.140. The number of benzene rings is 1. The molecule has 2 unspecified atom stereocenters. The highest BCUT2D eigenvalue weighted by atomic mass is 35.5. The molecule has 2 aliphatic rings. The molecule has 18 heavy (non-hydrogen) atoms. The van der Waals surface area contributed by atoms with E-state index in [1.54, 1.807) is 0 Å². The molecule has 0 aromatic heterocycles. The molecule has 1 aliphatic carbocycles. The first-order chi connectivity index (χ1) is 8.58. The number of fused-ring (bicyclic) bond motifs is 1. The van der Waals surface area contributed by atoms with Crippen LogP contribution in [0.4, 0.5) is 0 Å². The van der Waals surface area contributed by atoms with Gasteiger partial charge in [0.05, 0.1) is 5.38 Å². The third kappa shape index (κ3) is 2.03. The summed E-state index contributed by atoms with van der Waals surface area (Å²) in [6.45, 7) is 4.46. The smallest absolute Gasteiger partial charge is 0.123 e. The van der Waals surface area contributed by atoms with Crippen molar-refractivity contribution in [3.8, 4) is 5.75 Å². The van der Waals surface area contributed by atoms with E-state index in [9.17, 15) is 0 Å². The van der Waals surface area contributed by atoms with Gasteiger partial charge in [0.2, 0.25) is 0 Å². The molecule has 98 valence electrons. The van der Waals surface area contributed by atoms with Crippen molar-refractivity contribution in [3.05, 3.63) is 29.3 Å². The highest BCUT2D eigenvalue weighted by Crippen LogP contribution is 2.51. The molecule has 0 radical (unpaired) electrons. The molecule has 1 aromatic rings. The number of rotatable bonds is 2. The first-order valence-corrected chi connectivity index (χ1v) is 7.46. The van der Waals surface area contributed by atoms with E-state index in [2.05, 4.69) is 32.0 Å². The Balaban J connectivity index is 1.87. The molecule has 1 aromatic carbocycles. The van der Waals surface area contributed by atoms with Crippen LogP contribution in [0.3, 0.4) is 0 Å². The van der Waals surface area contributed by atoms with E-state index in [4.69, 9.17) is 16.3 Å². The lowest BCUT2D eigenvalue weighted by Crippen LogP contribution is -2.18. The molecule has 1 saturated carbocycles. The number of halogens is 1. The van der Waals surface area contributed by atoms with Gasteiger partial charge in [-0.1, -0.05) is 31.9 Å². The summed E-state index contributed by atoms with van der Waals surface area (Å²) in [5.74, 6) is 1.05. The van der Waals surface area contributed by atoms with Crippen molar-refractivity contribution in [3.63, 3.8) is 0 Å². The van der Waals surface area contributed by atoms with Gasteiger partial charge < -0.3 is 4.74 Å². The molecule has 2 atom stereocenters. The van der Waals surface area contributed by atoms with Crippen molar-refractivity contribution in [1.29, 1.82) is 0 Å². The summed E-state index contributed by atoms with van der Waals surface area (Å²) in [5.41, 5.74) is 2.88. The number of ether oxygens (including phenoxy) is 1. The van der Waals surface area contributed by atoms with Crippen molar-refractivity contribution < 1.29 is 4.74 Å². The zero-order valence-corrected chi connectivity index (χ0v) is 12.0. The monoisotopic (exact) mass is 264 g/mol. The molecule has 1 fully saturated rings. The van der Waals surface area contributed by atoms with Gasteiger partial charge >= 0.3 is 0 Å². The van der Waals surface area contributed by atoms with Crippen LogP contribution in [0.5, 0.6) is 5.75 Å². The Kier molecular flexibility index (Phi) is 3.05. The first-order valence-electron chi connectivity index (χ1n) is 7.02. The predicted molar refractivity (Wildman–Crippen MR) is 75.4 cm³/mol. The average molecular weight is 265 g/mol. The summed E-state index contributed by atoms with van der Waals surface area (Å²) in [7, 11) is 0. The molecule has 2 heteroatoms. The van der Waals surface area contributed by atoms with Gasteiger partial charge in [-0.25, -0.2) is 0 Å². The van der Waals surface area contributed by atoms with Crippen LogP contribution in [0.2, 0.25) is 0 Å².